The van der Waals surface area contributed by atoms with Crippen LogP contribution in [0.4, 0.5) is 5.69 Å². The number of nitrogens with zero attached hydrogens (tertiary/aromatic N) is 2. The molecule has 2 heterocycles. The summed E-state index contributed by atoms with van der Waals surface area (Å²) < 4.78 is 45.6. The van der Waals surface area contributed by atoms with Gasteiger partial charge in [-0.3, -0.25) is 4.79 Å². The predicted octanol–water partition coefficient (Wildman–Crippen LogP) is 3.73. The summed E-state index contributed by atoms with van der Waals surface area (Å²) in [4.78, 5) is 29.4. The van der Waals surface area contributed by atoms with Crippen molar-refractivity contribution >= 4 is 33.6 Å². The maximum absolute atomic E-state index is 14.6. The summed E-state index contributed by atoms with van der Waals surface area (Å²) in [6.45, 7) is 5.82. The van der Waals surface area contributed by atoms with Crippen molar-refractivity contribution in [1.29, 1.82) is 0 Å². The molecule has 0 spiro atoms. The van der Waals surface area contributed by atoms with Gasteiger partial charge in [-0.05, 0) is 53.9 Å². The molecule has 2 aliphatic rings. The quantitative estimate of drug-likeness (QED) is 0.313. The third-order valence-corrected chi connectivity index (χ3v) is 7.69. The number of hydrogen-bond donors (Lipinski definition) is 0. The minimum absolute atomic E-state index is 0.0285. The summed E-state index contributed by atoms with van der Waals surface area (Å²) in [6, 6.07) is 22.7. The number of esters is 1. The Labute approximate surface area is 226 Å². The Kier molecular flexibility index (Phi) is 6.83. The molecule has 0 saturated carbocycles. The van der Waals surface area contributed by atoms with Gasteiger partial charge in [0.05, 0.1) is 31.5 Å². The number of methoxy groups -OCH3 is 1. The first-order valence-electron chi connectivity index (χ1n) is 12.2. The monoisotopic (exact) mass is 546 g/mol. The van der Waals surface area contributed by atoms with Crippen LogP contribution in [-0.4, -0.2) is 45.8 Å². The van der Waals surface area contributed by atoms with Crippen molar-refractivity contribution in [3.8, 4) is 5.75 Å². The summed E-state index contributed by atoms with van der Waals surface area (Å²) >= 11 is 0. The van der Waals surface area contributed by atoms with Crippen molar-refractivity contribution in [3.63, 3.8) is 0 Å². The number of ether oxygens (including phenoxy) is 2. The summed E-state index contributed by atoms with van der Waals surface area (Å²) in [5.41, 5.74) is -0.175. The highest BCUT2D eigenvalue weighted by molar-refractivity contribution is 7.85. The Bertz CT molecular complexity index is 1580. The molecule has 3 aromatic carbocycles. The van der Waals surface area contributed by atoms with Crippen molar-refractivity contribution in [2.24, 2.45) is 4.40 Å². The topological polar surface area (TPSA) is 112 Å². The lowest BCUT2D eigenvalue weighted by atomic mass is 9.69. The lowest BCUT2D eigenvalue weighted by Gasteiger charge is -2.34. The van der Waals surface area contributed by atoms with Gasteiger partial charge < -0.3 is 14.4 Å². The van der Waals surface area contributed by atoms with Crippen LogP contribution in [-0.2, 0) is 40.8 Å². The molecule has 0 fully saturated rings. The molecule has 3 aromatic rings. The van der Waals surface area contributed by atoms with Crippen LogP contribution in [0.3, 0.4) is 0 Å². The highest BCUT2D eigenvalue weighted by Crippen LogP contribution is 2.52. The molecule has 10 heteroatoms. The molecule has 0 aromatic heterocycles. The molecule has 0 N–H and O–H groups in total. The van der Waals surface area contributed by atoms with E-state index in [-0.39, 0.29) is 24.4 Å². The molecule has 0 aliphatic carbocycles. The van der Waals surface area contributed by atoms with Crippen molar-refractivity contribution in [3.05, 3.63) is 108 Å². The molecular weight excluding hydrogens is 520 g/mol. The van der Waals surface area contributed by atoms with Crippen molar-refractivity contribution in [1.82, 2.24) is 0 Å². The van der Waals surface area contributed by atoms with E-state index in [2.05, 4.69) is 11.0 Å². The van der Waals surface area contributed by atoms with Crippen LogP contribution in [0, 0.1) is 0 Å². The minimum atomic E-state index is -4.47. The fourth-order valence-corrected chi connectivity index (χ4v) is 6.05. The van der Waals surface area contributed by atoms with E-state index in [9.17, 15) is 18.0 Å². The molecule has 2 aliphatic heterocycles. The third-order valence-electron chi connectivity index (χ3n) is 6.84. The Balaban J connectivity index is 1.74. The van der Waals surface area contributed by atoms with Crippen molar-refractivity contribution < 1.29 is 31.7 Å². The van der Waals surface area contributed by atoms with Gasteiger partial charge in [0, 0.05) is 5.69 Å². The normalized spacial score (nSPS) is 21.3. The average Bonchev–Trinajstić information content (AvgIpc) is 3.40. The fourth-order valence-electron chi connectivity index (χ4n) is 5.09. The van der Waals surface area contributed by atoms with E-state index in [1.807, 2.05) is 30.3 Å². The Morgan fingerprint density at radius 2 is 1.72 bits per heavy atom. The molecule has 1 amide bonds. The summed E-state index contributed by atoms with van der Waals surface area (Å²) in [7, 11) is -2.96. The number of rotatable bonds is 8. The molecule has 0 unspecified atom stereocenters. The van der Waals surface area contributed by atoms with Gasteiger partial charge in [-0.25, -0.2) is 8.98 Å². The van der Waals surface area contributed by atoms with Crippen LogP contribution in [0.5, 0.6) is 5.75 Å². The molecular formula is C29H26N2O7S. The first-order chi connectivity index (χ1) is 18.7. The SMILES string of the molecule is C=C(C(=O)OCC)[C@@]1([C@@H]2OS(=O)(=O)N=C2c2ccc(OC)cc2)C(=O)N(Cc2ccccc2)c2ccccc21. The van der Waals surface area contributed by atoms with Gasteiger partial charge in [-0.1, -0.05) is 55.1 Å². The summed E-state index contributed by atoms with van der Waals surface area (Å²) in [5, 5.41) is 0. The number of benzene rings is 3. The number of hydrogen-bond acceptors (Lipinski definition) is 7. The number of amides is 1. The van der Waals surface area contributed by atoms with E-state index in [4.69, 9.17) is 13.7 Å². The number of anilines is 1. The second kappa shape index (κ2) is 10.1. The van der Waals surface area contributed by atoms with Gasteiger partial charge in [0.25, 0.3) is 0 Å². The van der Waals surface area contributed by atoms with Crippen molar-refractivity contribution in [2.45, 2.75) is 25.0 Å². The van der Waals surface area contributed by atoms with Crippen molar-refractivity contribution in [2.75, 3.05) is 18.6 Å². The molecule has 39 heavy (non-hydrogen) atoms. The highest BCUT2D eigenvalue weighted by atomic mass is 32.2. The molecule has 200 valence electrons. The zero-order chi connectivity index (χ0) is 27.8. The van der Waals surface area contributed by atoms with Crippen LogP contribution in [0.1, 0.15) is 23.6 Å². The van der Waals surface area contributed by atoms with E-state index in [1.54, 1.807) is 55.5 Å². The van der Waals surface area contributed by atoms with Gasteiger partial charge in [0.15, 0.2) is 0 Å². The maximum Gasteiger partial charge on any atom is 0.381 e. The minimum Gasteiger partial charge on any atom is -0.497 e. The largest absolute Gasteiger partial charge is 0.497 e. The van der Waals surface area contributed by atoms with Crippen LogP contribution >= 0.6 is 0 Å². The van der Waals surface area contributed by atoms with Crippen LogP contribution < -0.4 is 9.64 Å². The average molecular weight is 547 g/mol. The smallest absolute Gasteiger partial charge is 0.381 e. The molecule has 0 saturated heterocycles. The van der Waals surface area contributed by atoms with Gasteiger partial charge in [-0.2, -0.15) is 8.42 Å². The molecule has 2 atom stereocenters. The van der Waals surface area contributed by atoms with Gasteiger partial charge >= 0.3 is 16.3 Å². The number of para-hydroxylation sites is 1. The van der Waals surface area contributed by atoms with E-state index in [1.165, 1.54) is 12.0 Å². The standard InChI is InChI=1S/C29H26N2O7S/c1-4-37-27(32)19(2)29(26-25(30-39(34,35)38-26)21-14-16-22(36-3)17-15-21)23-12-8-9-13-24(23)31(28(29)33)18-20-10-6-5-7-11-20/h5-17,26H,2,4,18H2,1,3H3/t26-,29-/m1/s1. The van der Waals surface area contributed by atoms with Crippen LogP contribution in [0.15, 0.2) is 95.4 Å². The van der Waals surface area contributed by atoms with E-state index >= 15 is 0 Å². The number of carbonyl (C=O) groups is 2. The Morgan fingerprint density at radius 1 is 1.05 bits per heavy atom. The van der Waals surface area contributed by atoms with Gasteiger partial charge in [0.2, 0.25) is 5.91 Å². The first-order valence-corrected chi connectivity index (χ1v) is 13.6. The zero-order valence-corrected chi connectivity index (χ0v) is 22.2. The highest BCUT2D eigenvalue weighted by Gasteiger charge is 2.64. The fraction of sp³-hybridized carbons (Fsp3) is 0.207. The maximum atomic E-state index is 14.6. The lowest BCUT2D eigenvalue weighted by molar-refractivity contribution is -0.141. The second-order valence-electron chi connectivity index (χ2n) is 9.01. The summed E-state index contributed by atoms with van der Waals surface area (Å²) in [5.74, 6) is -0.877. The second-order valence-corrected chi connectivity index (χ2v) is 10.2. The number of fused-ring (bicyclic) bond motifs is 1. The molecule has 9 nitrogen and oxygen atoms in total. The predicted molar refractivity (Wildman–Crippen MR) is 145 cm³/mol. The number of carbonyl (C=O) groups excluding carboxylic acids is 2. The van der Waals surface area contributed by atoms with E-state index in [0.29, 0.717) is 22.6 Å². The molecule has 0 radical (unpaired) electrons. The third kappa shape index (κ3) is 4.41. The van der Waals surface area contributed by atoms with E-state index < -0.39 is 33.7 Å². The van der Waals surface area contributed by atoms with Crippen LogP contribution in [0.2, 0.25) is 0 Å². The van der Waals surface area contributed by atoms with Gasteiger partial charge in [-0.15, -0.1) is 4.40 Å². The Hall–Kier alpha value is -4.28. The molecule has 0 bridgehead atoms. The first kappa shape index (κ1) is 26.3. The van der Waals surface area contributed by atoms with Gasteiger partial charge in [0.1, 0.15) is 17.3 Å². The van der Waals surface area contributed by atoms with E-state index in [0.717, 1.165) is 5.56 Å². The van der Waals surface area contributed by atoms with Crippen LogP contribution in [0.25, 0.3) is 0 Å². The lowest BCUT2D eigenvalue weighted by Crippen LogP contribution is -2.54. The zero-order valence-electron chi connectivity index (χ0n) is 21.4. The molecule has 5 rings (SSSR count). The summed E-state index contributed by atoms with van der Waals surface area (Å²) in [6.07, 6.45) is -1.53. The Morgan fingerprint density at radius 3 is 2.38 bits per heavy atom.